The highest BCUT2D eigenvalue weighted by molar-refractivity contribution is 6.31. The minimum absolute atomic E-state index is 0.128. The zero-order valence-electron chi connectivity index (χ0n) is 11.6. The fourth-order valence-electron chi connectivity index (χ4n) is 2.88. The van der Waals surface area contributed by atoms with Crippen molar-refractivity contribution >= 4 is 17.4 Å². The normalized spacial score (nSPS) is 15.2. The first-order valence-corrected chi connectivity index (χ1v) is 7.33. The number of nitrogens with zero attached hydrogens (tertiary/aromatic N) is 3. The van der Waals surface area contributed by atoms with Gasteiger partial charge in [-0.2, -0.15) is 10.4 Å². The van der Waals surface area contributed by atoms with Crippen molar-refractivity contribution in [3.63, 3.8) is 0 Å². The molecule has 0 atom stereocenters. The van der Waals surface area contributed by atoms with Gasteiger partial charge in [-0.15, -0.1) is 0 Å². The lowest BCUT2D eigenvalue weighted by atomic mass is 10.1. The van der Waals surface area contributed by atoms with Crippen LogP contribution in [-0.2, 0) is 0 Å². The van der Waals surface area contributed by atoms with Crippen molar-refractivity contribution in [2.75, 3.05) is 5.73 Å². The number of hydrogen-bond donors (Lipinski definition) is 1. The van der Waals surface area contributed by atoms with E-state index in [9.17, 15) is 14.0 Å². The summed E-state index contributed by atoms with van der Waals surface area (Å²) in [6.07, 6.45) is 4.01. The van der Waals surface area contributed by atoms with Crippen LogP contribution in [-0.4, -0.2) is 9.78 Å². The van der Waals surface area contributed by atoms with Crippen LogP contribution in [0, 0.1) is 23.0 Å². The van der Waals surface area contributed by atoms with Gasteiger partial charge in [-0.1, -0.05) is 24.4 Å². The quantitative estimate of drug-likeness (QED) is 0.848. The Bertz CT molecular complexity index is 750. The van der Waals surface area contributed by atoms with E-state index in [2.05, 4.69) is 5.10 Å². The topological polar surface area (TPSA) is 67.6 Å². The van der Waals surface area contributed by atoms with Gasteiger partial charge in [-0.3, -0.25) is 0 Å². The van der Waals surface area contributed by atoms with Crippen molar-refractivity contribution < 1.29 is 8.78 Å². The van der Waals surface area contributed by atoms with Crippen LogP contribution in [0.3, 0.4) is 0 Å². The molecule has 0 saturated heterocycles. The third kappa shape index (κ3) is 2.32. The molecule has 1 aromatic heterocycles. The van der Waals surface area contributed by atoms with Gasteiger partial charge in [0.25, 0.3) is 0 Å². The van der Waals surface area contributed by atoms with Crippen molar-refractivity contribution in [1.29, 1.82) is 5.26 Å². The van der Waals surface area contributed by atoms with Crippen LogP contribution in [0.15, 0.2) is 12.1 Å². The minimum atomic E-state index is -0.894. The van der Waals surface area contributed by atoms with Crippen LogP contribution in [0.2, 0.25) is 5.02 Å². The Labute approximate surface area is 131 Å². The second-order valence-electron chi connectivity index (χ2n) is 5.36. The maximum absolute atomic E-state index is 13.6. The Hall–Kier alpha value is -2.13. The summed E-state index contributed by atoms with van der Waals surface area (Å²) in [5.74, 6) is -1.55. The summed E-state index contributed by atoms with van der Waals surface area (Å²) in [5.41, 5.74) is 6.47. The molecule has 1 aliphatic carbocycles. The monoisotopic (exact) mass is 322 g/mol. The van der Waals surface area contributed by atoms with Crippen LogP contribution in [0.5, 0.6) is 0 Å². The molecule has 0 bridgehead atoms. The van der Waals surface area contributed by atoms with Crippen molar-refractivity contribution in [3.8, 4) is 17.3 Å². The van der Waals surface area contributed by atoms with E-state index in [1.807, 2.05) is 6.07 Å². The molecule has 7 heteroatoms. The van der Waals surface area contributed by atoms with E-state index in [4.69, 9.17) is 17.3 Å². The number of aromatic nitrogens is 2. The molecule has 1 heterocycles. The molecule has 114 valence electrons. The SMILES string of the molecule is N#Cc1c(-c2cc(F)c(Cl)c(F)c2)nn(C2CCCC2)c1N. The molecule has 0 spiro atoms. The zero-order chi connectivity index (χ0) is 15.9. The molecule has 3 rings (SSSR count). The van der Waals surface area contributed by atoms with Gasteiger partial charge in [0.2, 0.25) is 0 Å². The Morgan fingerprint density at radius 2 is 1.86 bits per heavy atom. The van der Waals surface area contributed by atoms with E-state index < -0.39 is 16.7 Å². The molecule has 2 N–H and O–H groups in total. The first-order valence-electron chi connectivity index (χ1n) is 6.96. The van der Waals surface area contributed by atoms with Gasteiger partial charge in [0, 0.05) is 5.56 Å². The standard InChI is InChI=1S/C15H13ClF2N4/c16-13-11(17)5-8(6-12(13)18)14-10(7-19)15(20)22(21-14)9-3-1-2-4-9/h5-6,9H,1-4,20H2. The number of benzene rings is 1. The molecule has 1 saturated carbocycles. The summed E-state index contributed by atoms with van der Waals surface area (Å²) in [4.78, 5) is 0. The van der Waals surface area contributed by atoms with Crippen molar-refractivity contribution in [2.24, 2.45) is 0 Å². The van der Waals surface area contributed by atoms with E-state index in [1.54, 1.807) is 4.68 Å². The van der Waals surface area contributed by atoms with E-state index in [0.29, 0.717) is 0 Å². The molecule has 1 aromatic carbocycles. The first-order chi connectivity index (χ1) is 10.5. The average molecular weight is 323 g/mol. The Kier molecular flexibility index (Phi) is 3.75. The second kappa shape index (κ2) is 5.58. The van der Waals surface area contributed by atoms with Crippen LogP contribution in [0.1, 0.15) is 37.3 Å². The van der Waals surface area contributed by atoms with Crippen LogP contribution >= 0.6 is 11.6 Å². The number of anilines is 1. The van der Waals surface area contributed by atoms with Gasteiger partial charge in [0.15, 0.2) is 0 Å². The lowest BCUT2D eigenvalue weighted by molar-refractivity contribution is 0.475. The van der Waals surface area contributed by atoms with Crippen molar-refractivity contribution in [3.05, 3.63) is 34.4 Å². The lowest BCUT2D eigenvalue weighted by Crippen LogP contribution is -2.10. The summed E-state index contributed by atoms with van der Waals surface area (Å²) < 4.78 is 28.9. The van der Waals surface area contributed by atoms with E-state index in [-0.39, 0.29) is 28.7 Å². The van der Waals surface area contributed by atoms with Gasteiger partial charge in [-0.05, 0) is 25.0 Å². The molecule has 0 aliphatic heterocycles. The van der Waals surface area contributed by atoms with Crippen LogP contribution in [0.25, 0.3) is 11.3 Å². The molecule has 1 aliphatic rings. The predicted molar refractivity (Wildman–Crippen MR) is 79.2 cm³/mol. The lowest BCUT2D eigenvalue weighted by Gasteiger charge is -2.11. The highest BCUT2D eigenvalue weighted by Gasteiger charge is 2.25. The van der Waals surface area contributed by atoms with E-state index in [0.717, 1.165) is 37.8 Å². The maximum atomic E-state index is 13.6. The number of halogens is 3. The third-order valence-electron chi connectivity index (χ3n) is 3.99. The molecule has 0 radical (unpaired) electrons. The number of hydrogen-bond acceptors (Lipinski definition) is 3. The predicted octanol–water partition coefficient (Wildman–Crippen LogP) is 4.05. The molecule has 0 amide bonds. The smallest absolute Gasteiger partial charge is 0.145 e. The highest BCUT2D eigenvalue weighted by Crippen LogP contribution is 2.36. The van der Waals surface area contributed by atoms with Crippen molar-refractivity contribution in [2.45, 2.75) is 31.7 Å². The molecule has 4 nitrogen and oxygen atoms in total. The largest absolute Gasteiger partial charge is 0.383 e. The number of nitrogens with two attached hydrogens (primary N) is 1. The number of nitriles is 1. The van der Waals surface area contributed by atoms with Gasteiger partial charge in [-0.25, -0.2) is 13.5 Å². The van der Waals surface area contributed by atoms with Gasteiger partial charge in [0.1, 0.15) is 39.8 Å². The second-order valence-corrected chi connectivity index (χ2v) is 5.74. The molecule has 22 heavy (non-hydrogen) atoms. The van der Waals surface area contributed by atoms with Crippen LogP contribution in [0.4, 0.5) is 14.6 Å². The third-order valence-corrected chi connectivity index (χ3v) is 4.35. The molecule has 2 aromatic rings. The fraction of sp³-hybridized carbons (Fsp3) is 0.333. The highest BCUT2D eigenvalue weighted by atomic mass is 35.5. The summed E-state index contributed by atoms with van der Waals surface area (Å²) >= 11 is 5.49. The van der Waals surface area contributed by atoms with Gasteiger partial charge >= 0.3 is 0 Å². The maximum Gasteiger partial charge on any atom is 0.145 e. The Morgan fingerprint density at radius 3 is 2.41 bits per heavy atom. The Balaban J connectivity index is 2.15. The molecule has 0 unspecified atom stereocenters. The zero-order valence-corrected chi connectivity index (χ0v) is 12.4. The van der Waals surface area contributed by atoms with Crippen molar-refractivity contribution in [1.82, 2.24) is 9.78 Å². The fourth-order valence-corrected chi connectivity index (χ4v) is 2.99. The summed E-state index contributed by atoms with van der Waals surface area (Å²) in [6.45, 7) is 0. The van der Waals surface area contributed by atoms with E-state index >= 15 is 0 Å². The molecular formula is C15H13ClF2N4. The minimum Gasteiger partial charge on any atom is -0.383 e. The van der Waals surface area contributed by atoms with Crippen LogP contribution < -0.4 is 5.73 Å². The number of nitrogen functional groups attached to an aromatic ring is 1. The summed E-state index contributed by atoms with van der Waals surface area (Å²) in [6, 6.07) is 4.23. The Morgan fingerprint density at radius 1 is 1.27 bits per heavy atom. The number of rotatable bonds is 2. The van der Waals surface area contributed by atoms with E-state index in [1.165, 1.54) is 0 Å². The molecule has 1 fully saturated rings. The summed E-state index contributed by atoms with van der Waals surface area (Å²) in [7, 11) is 0. The average Bonchev–Trinajstić information content (AvgIpc) is 3.11. The summed E-state index contributed by atoms with van der Waals surface area (Å²) in [5, 5.41) is 13.1. The molecular weight excluding hydrogens is 310 g/mol. The van der Waals surface area contributed by atoms with Gasteiger partial charge in [0.05, 0.1) is 6.04 Å². The van der Waals surface area contributed by atoms with Gasteiger partial charge < -0.3 is 5.73 Å². The first kappa shape index (κ1) is 14.8.